The molecule has 0 saturated carbocycles. The third-order valence-corrected chi connectivity index (χ3v) is 3.76. The molecule has 0 unspecified atom stereocenters. The van der Waals surface area contributed by atoms with Gasteiger partial charge in [-0.25, -0.2) is 9.97 Å². The number of carbonyl (C=O) groups is 1. The largest absolute Gasteiger partial charge is 0.321 e. The second kappa shape index (κ2) is 6.04. The normalized spacial score (nSPS) is 10.7. The van der Waals surface area contributed by atoms with Crippen LogP contribution in [0.2, 0.25) is 0 Å². The van der Waals surface area contributed by atoms with Crippen molar-refractivity contribution in [3.05, 3.63) is 66.6 Å². The highest BCUT2D eigenvalue weighted by molar-refractivity contribution is 6.05. The first-order valence-corrected chi connectivity index (χ1v) is 7.59. The number of anilines is 1. The number of hydrogen-bond donors (Lipinski definition) is 2. The molecule has 2 heterocycles. The molecule has 0 atom stereocenters. The summed E-state index contributed by atoms with van der Waals surface area (Å²) >= 11 is 0. The summed E-state index contributed by atoms with van der Waals surface area (Å²) < 4.78 is 0. The average molecular weight is 329 g/mol. The fourth-order valence-corrected chi connectivity index (χ4v) is 2.50. The summed E-state index contributed by atoms with van der Waals surface area (Å²) in [5, 5.41) is 10.5. The van der Waals surface area contributed by atoms with Crippen molar-refractivity contribution in [2.45, 2.75) is 0 Å². The van der Waals surface area contributed by atoms with E-state index in [2.05, 4.69) is 25.5 Å². The Morgan fingerprint density at radius 1 is 1.08 bits per heavy atom. The van der Waals surface area contributed by atoms with Gasteiger partial charge in [-0.05, 0) is 24.3 Å². The van der Waals surface area contributed by atoms with Gasteiger partial charge in [-0.3, -0.25) is 15.6 Å². The van der Waals surface area contributed by atoms with Crippen LogP contribution in [-0.4, -0.2) is 26.1 Å². The Kier molecular flexibility index (Phi) is 3.59. The summed E-state index contributed by atoms with van der Waals surface area (Å²) in [6.07, 6.45) is 3.21. The molecule has 0 spiro atoms. The average Bonchev–Trinajstić information content (AvgIpc) is 3.10. The van der Waals surface area contributed by atoms with Gasteiger partial charge in [0.25, 0.3) is 5.91 Å². The van der Waals surface area contributed by atoms with E-state index in [-0.39, 0.29) is 11.5 Å². The molecule has 0 aliphatic carbocycles. The summed E-state index contributed by atoms with van der Waals surface area (Å²) in [6, 6.07) is 14.7. The van der Waals surface area contributed by atoms with Crippen LogP contribution in [-0.2, 0) is 0 Å². The van der Waals surface area contributed by atoms with Gasteiger partial charge in [-0.15, -0.1) is 0 Å². The summed E-state index contributed by atoms with van der Waals surface area (Å²) in [7, 11) is 0. The van der Waals surface area contributed by atoms with Gasteiger partial charge in [0.05, 0.1) is 23.6 Å². The van der Waals surface area contributed by atoms with Gasteiger partial charge in [0.1, 0.15) is 0 Å². The van der Waals surface area contributed by atoms with E-state index < -0.39 is 5.91 Å². The van der Waals surface area contributed by atoms with Gasteiger partial charge in [0.15, 0.2) is 11.5 Å². The number of hydrogen-bond acceptors (Lipinski definition) is 4. The molecule has 1 amide bonds. The number of aromatic nitrogens is 4. The molecule has 2 aromatic heterocycles. The predicted molar refractivity (Wildman–Crippen MR) is 94.3 cm³/mol. The lowest BCUT2D eigenvalue weighted by atomic mass is 10.1. The Morgan fingerprint density at radius 3 is 2.76 bits per heavy atom. The van der Waals surface area contributed by atoms with Crippen molar-refractivity contribution in [3.63, 3.8) is 0 Å². The van der Waals surface area contributed by atoms with Crippen molar-refractivity contribution in [2.24, 2.45) is 0 Å². The zero-order valence-electron chi connectivity index (χ0n) is 13.0. The van der Waals surface area contributed by atoms with E-state index in [4.69, 9.17) is 5.73 Å². The number of carbonyl (C=O) groups excluding carboxylic acids is 1. The Labute approximate surface area is 142 Å². The molecule has 1 radical (unpaired) electrons. The summed E-state index contributed by atoms with van der Waals surface area (Å²) in [6.45, 7) is 0. The number of amides is 1. The maximum atomic E-state index is 12.4. The number of benzene rings is 2. The molecular weight excluding hydrogens is 316 g/mol. The highest BCUT2D eigenvalue weighted by atomic mass is 16.1. The maximum Gasteiger partial charge on any atom is 0.278 e. The fraction of sp³-hybridized carbons (Fsp3) is 0. The number of nitrogens with zero attached hydrogens (tertiary/aromatic N) is 3. The third-order valence-electron chi connectivity index (χ3n) is 3.76. The molecule has 7 heteroatoms. The van der Waals surface area contributed by atoms with E-state index in [1.54, 1.807) is 18.3 Å². The maximum absolute atomic E-state index is 12.4. The Balaban J connectivity index is 1.69. The Morgan fingerprint density at radius 2 is 1.92 bits per heavy atom. The zero-order chi connectivity index (χ0) is 17.2. The molecular formula is C18H13N6O. The van der Waals surface area contributed by atoms with Crippen molar-refractivity contribution in [2.75, 3.05) is 5.32 Å². The molecule has 3 N–H and O–H groups in total. The minimum absolute atomic E-state index is 0.0198. The number of para-hydroxylation sites is 1. The Hall–Kier alpha value is -3.74. The smallest absolute Gasteiger partial charge is 0.278 e. The van der Waals surface area contributed by atoms with Crippen LogP contribution in [0.25, 0.3) is 22.2 Å². The monoisotopic (exact) mass is 329 g/mol. The van der Waals surface area contributed by atoms with Crippen molar-refractivity contribution >= 4 is 28.3 Å². The molecule has 7 nitrogen and oxygen atoms in total. The van der Waals surface area contributed by atoms with Crippen LogP contribution >= 0.6 is 0 Å². The van der Waals surface area contributed by atoms with E-state index in [9.17, 15) is 4.79 Å². The minimum atomic E-state index is -0.463. The topological polar surface area (TPSA) is 107 Å². The standard InChI is InChI=1S/C18H13N6O/c19-17-16(18(25)22-13-4-2-1-3-5-13)23-15(10-20-17)11-6-7-14-12(8-11)9-21-24-14/h1-10,19H,(H,21,24)(H,22,25). The summed E-state index contributed by atoms with van der Waals surface area (Å²) in [5.41, 5.74) is 10.7. The molecule has 2 aromatic carbocycles. The minimum Gasteiger partial charge on any atom is -0.321 e. The number of aromatic amines is 1. The Bertz CT molecular complexity index is 1060. The lowest BCUT2D eigenvalue weighted by molar-refractivity contribution is 0.102. The predicted octanol–water partition coefficient (Wildman–Crippen LogP) is 3.19. The highest BCUT2D eigenvalue weighted by Gasteiger charge is 2.15. The SMILES string of the molecule is [NH]c1ncc(-c2ccc3[nH]ncc3c2)nc1C(=O)Nc1ccccc1. The van der Waals surface area contributed by atoms with Gasteiger partial charge in [-0.2, -0.15) is 5.10 Å². The molecule has 0 aliphatic rings. The first-order chi connectivity index (χ1) is 12.2. The zero-order valence-corrected chi connectivity index (χ0v) is 13.0. The second-order valence-corrected chi connectivity index (χ2v) is 5.44. The molecule has 0 bridgehead atoms. The number of fused-ring (bicyclic) bond motifs is 1. The van der Waals surface area contributed by atoms with E-state index >= 15 is 0 Å². The fourth-order valence-electron chi connectivity index (χ4n) is 2.50. The van der Waals surface area contributed by atoms with Crippen molar-refractivity contribution in [3.8, 4) is 11.3 Å². The molecule has 4 aromatic rings. The lowest BCUT2D eigenvalue weighted by Gasteiger charge is -2.08. The molecule has 121 valence electrons. The van der Waals surface area contributed by atoms with Crippen LogP contribution < -0.4 is 11.1 Å². The second-order valence-electron chi connectivity index (χ2n) is 5.44. The van der Waals surface area contributed by atoms with Crippen LogP contribution in [0.4, 0.5) is 11.5 Å². The van der Waals surface area contributed by atoms with Gasteiger partial charge in [-0.1, -0.05) is 24.3 Å². The van der Waals surface area contributed by atoms with E-state index in [0.717, 1.165) is 16.5 Å². The van der Waals surface area contributed by atoms with Crippen LogP contribution in [0.15, 0.2) is 60.9 Å². The quantitative estimate of drug-likeness (QED) is 0.601. The van der Waals surface area contributed by atoms with Gasteiger partial charge < -0.3 is 5.32 Å². The van der Waals surface area contributed by atoms with Crippen molar-refractivity contribution in [1.82, 2.24) is 25.9 Å². The van der Waals surface area contributed by atoms with E-state index in [1.165, 1.54) is 6.20 Å². The first-order valence-electron chi connectivity index (χ1n) is 7.59. The van der Waals surface area contributed by atoms with Gasteiger partial charge >= 0.3 is 0 Å². The van der Waals surface area contributed by atoms with Crippen molar-refractivity contribution in [1.29, 1.82) is 0 Å². The number of H-pyrrole nitrogens is 1. The van der Waals surface area contributed by atoms with Gasteiger partial charge in [0.2, 0.25) is 0 Å². The summed E-state index contributed by atoms with van der Waals surface area (Å²) in [5.74, 6) is -0.628. The summed E-state index contributed by atoms with van der Waals surface area (Å²) in [4.78, 5) is 20.8. The highest BCUT2D eigenvalue weighted by Crippen LogP contribution is 2.23. The number of rotatable bonds is 3. The molecule has 0 fully saturated rings. The van der Waals surface area contributed by atoms with Crippen molar-refractivity contribution < 1.29 is 4.79 Å². The van der Waals surface area contributed by atoms with Crippen LogP contribution in [0, 0.1) is 0 Å². The third kappa shape index (κ3) is 2.90. The molecule has 4 rings (SSSR count). The van der Waals surface area contributed by atoms with E-state index in [0.29, 0.717) is 11.4 Å². The molecule has 25 heavy (non-hydrogen) atoms. The van der Waals surface area contributed by atoms with Gasteiger partial charge in [0, 0.05) is 16.6 Å². The molecule has 0 saturated heterocycles. The van der Waals surface area contributed by atoms with E-state index in [1.807, 2.05) is 36.4 Å². The first kappa shape index (κ1) is 14.8. The van der Waals surface area contributed by atoms with Crippen LogP contribution in [0.3, 0.4) is 0 Å². The number of nitrogens with one attached hydrogen (secondary N) is 3. The van der Waals surface area contributed by atoms with Crippen LogP contribution in [0.1, 0.15) is 10.5 Å². The molecule has 0 aliphatic heterocycles. The van der Waals surface area contributed by atoms with Crippen LogP contribution in [0.5, 0.6) is 0 Å². The lowest BCUT2D eigenvalue weighted by Crippen LogP contribution is -2.15.